The topological polar surface area (TPSA) is 20.3 Å². The SMILES string of the molecule is O=C1CCN(c2cc3ccccc3s2)CC1. The number of nitrogens with zero attached hydrogens (tertiary/aromatic N) is 1. The fourth-order valence-corrected chi connectivity index (χ4v) is 3.21. The summed E-state index contributed by atoms with van der Waals surface area (Å²) in [6.45, 7) is 1.76. The molecular weight excluding hydrogens is 218 g/mol. The number of piperidine rings is 1. The first kappa shape index (κ1) is 9.85. The summed E-state index contributed by atoms with van der Waals surface area (Å²) in [5.74, 6) is 0.400. The fraction of sp³-hybridized carbons (Fsp3) is 0.308. The molecule has 0 saturated carbocycles. The summed E-state index contributed by atoms with van der Waals surface area (Å²) in [4.78, 5) is 13.5. The molecule has 2 aromatic rings. The zero-order chi connectivity index (χ0) is 11.0. The van der Waals surface area contributed by atoms with Gasteiger partial charge in [0, 0.05) is 30.6 Å². The van der Waals surface area contributed by atoms with Gasteiger partial charge in [0.2, 0.25) is 0 Å². The Morgan fingerprint density at radius 1 is 1.12 bits per heavy atom. The molecule has 1 aromatic carbocycles. The minimum atomic E-state index is 0.400. The normalized spacial score (nSPS) is 17.0. The molecule has 1 fully saturated rings. The molecule has 0 amide bonds. The van der Waals surface area contributed by atoms with E-state index in [0.717, 1.165) is 13.1 Å². The van der Waals surface area contributed by atoms with Crippen molar-refractivity contribution in [3.05, 3.63) is 30.3 Å². The number of hydrogen-bond acceptors (Lipinski definition) is 3. The summed E-state index contributed by atoms with van der Waals surface area (Å²) >= 11 is 1.82. The number of carbonyl (C=O) groups is 1. The van der Waals surface area contributed by atoms with Crippen LogP contribution in [0.3, 0.4) is 0 Å². The number of hydrogen-bond donors (Lipinski definition) is 0. The lowest BCUT2D eigenvalue weighted by molar-refractivity contribution is -0.119. The van der Waals surface area contributed by atoms with Crippen molar-refractivity contribution in [2.45, 2.75) is 12.8 Å². The van der Waals surface area contributed by atoms with Crippen molar-refractivity contribution in [1.82, 2.24) is 0 Å². The van der Waals surface area contributed by atoms with Crippen LogP contribution in [0.4, 0.5) is 5.00 Å². The number of thiophene rings is 1. The first-order valence-corrected chi connectivity index (χ1v) is 6.40. The molecule has 0 spiro atoms. The molecule has 1 aromatic heterocycles. The lowest BCUT2D eigenvalue weighted by Crippen LogP contribution is -2.32. The van der Waals surface area contributed by atoms with Gasteiger partial charge >= 0.3 is 0 Å². The molecule has 2 heterocycles. The van der Waals surface area contributed by atoms with Gasteiger partial charge < -0.3 is 4.90 Å². The molecule has 16 heavy (non-hydrogen) atoms. The molecule has 3 rings (SSSR count). The molecule has 1 aliphatic rings. The van der Waals surface area contributed by atoms with E-state index in [0.29, 0.717) is 18.6 Å². The number of Topliss-reactive ketones (excluding diaryl/α,β-unsaturated/α-hetero) is 1. The number of carbonyl (C=O) groups excluding carboxylic acids is 1. The van der Waals surface area contributed by atoms with Crippen LogP contribution in [0.2, 0.25) is 0 Å². The average molecular weight is 231 g/mol. The van der Waals surface area contributed by atoms with E-state index in [1.807, 2.05) is 11.3 Å². The number of benzene rings is 1. The van der Waals surface area contributed by atoms with E-state index < -0.39 is 0 Å². The summed E-state index contributed by atoms with van der Waals surface area (Å²) in [7, 11) is 0. The quantitative estimate of drug-likeness (QED) is 0.751. The second kappa shape index (κ2) is 3.91. The molecule has 0 radical (unpaired) electrons. The highest BCUT2D eigenvalue weighted by atomic mass is 32.1. The van der Waals surface area contributed by atoms with Crippen molar-refractivity contribution in [2.24, 2.45) is 0 Å². The van der Waals surface area contributed by atoms with Gasteiger partial charge in [0.25, 0.3) is 0 Å². The number of fused-ring (bicyclic) bond motifs is 1. The molecular formula is C13H13NOS. The average Bonchev–Trinajstić information content (AvgIpc) is 2.73. The van der Waals surface area contributed by atoms with Crippen molar-refractivity contribution in [3.63, 3.8) is 0 Å². The molecule has 3 heteroatoms. The molecule has 1 saturated heterocycles. The van der Waals surface area contributed by atoms with E-state index in [1.165, 1.54) is 15.1 Å². The van der Waals surface area contributed by atoms with Crippen LogP contribution >= 0.6 is 11.3 Å². The molecule has 0 unspecified atom stereocenters. The highest BCUT2D eigenvalue weighted by molar-refractivity contribution is 7.22. The highest BCUT2D eigenvalue weighted by Gasteiger charge is 2.17. The van der Waals surface area contributed by atoms with Gasteiger partial charge in [-0.05, 0) is 17.5 Å². The van der Waals surface area contributed by atoms with Crippen LogP contribution < -0.4 is 4.90 Å². The van der Waals surface area contributed by atoms with E-state index in [9.17, 15) is 4.79 Å². The Balaban J connectivity index is 1.91. The lowest BCUT2D eigenvalue weighted by Gasteiger charge is -2.26. The Morgan fingerprint density at radius 3 is 2.62 bits per heavy atom. The summed E-state index contributed by atoms with van der Waals surface area (Å²) < 4.78 is 1.33. The maximum Gasteiger partial charge on any atom is 0.136 e. The molecule has 82 valence electrons. The fourth-order valence-electron chi connectivity index (χ4n) is 2.10. The van der Waals surface area contributed by atoms with Crippen LogP contribution in [0, 0.1) is 0 Å². The van der Waals surface area contributed by atoms with Crippen LogP contribution in [0.1, 0.15) is 12.8 Å². The van der Waals surface area contributed by atoms with Crippen molar-refractivity contribution in [2.75, 3.05) is 18.0 Å². The molecule has 0 aliphatic carbocycles. The summed E-state index contributed by atoms with van der Waals surface area (Å²) in [6, 6.07) is 10.7. The number of rotatable bonds is 1. The van der Waals surface area contributed by atoms with Gasteiger partial charge in [-0.15, -0.1) is 11.3 Å². The van der Waals surface area contributed by atoms with Crippen molar-refractivity contribution in [1.29, 1.82) is 0 Å². The van der Waals surface area contributed by atoms with Gasteiger partial charge in [-0.2, -0.15) is 0 Å². The first-order valence-electron chi connectivity index (χ1n) is 5.58. The molecule has 2 nitrogen and oxygen atoms in total. The number of ketones is 1. The second-order valence-electron chi connectivity index (χ2n) is 4.15. The monoisotopic (exact) mass is 231 g/mol. The third-order valence-corrected chi connectivity index (χ3v) is 4.22. The minimum absolute atomic E-state index is 0.400. The Morgan fingerprint density at radius 2 is 1.88 bits per heavy atom. The summed E-state index contributed by atoms with van der Waals surface area (Å²) in [5.41, 5.74) is 0. The third kappa shape index (κ3) is 1.71. The standard InChI is InChI=1S/C13H13NOS/c15-11-5-7-14(8-6-11)13-9-10-3-1-2-4-12(10)16-13/h1-4,9H,5-8H2. The zero-order valence-corrected chi connectivity index (χ0v) is 9.80. The molecule has 1 aliphatic heterocycles. The van der Waals surface area contributed by atoms with E-state index in [1.54, 1.807) is 0 Å². The van der Waals surface area contributed by atoms with Crippen LogP contribution in [-0.2, 0) is 4.79 Å². The maximum absolute atomic E-state index is 11.2. The van der Waals surface area contributed by atoms with Gasteiger partial charge in [0.1, 0.15) is 5.78 Å². The molecule has 0 N–H and O–H groups in total. The summed E-state index contributed by atoms with van der Waals surface area (Å²) in [6.07, 6.45) is 1.41. The second-order valence-corrected chi connectivity index (χ2v) is 5.21. The predicted molar refractivity (Wildman–Crippen MR) is 68.3 cm³/mol. The van der Waals surface area contributed by atoms with E-state index in [2.05, 4.69) is 35.2 Å². The van der Waals surface area contributed by atoms with Crippen molar-refractivity contribution < 1.29 is 4.79 Å². The Hall–Kier alpha value is -1.35. The number of anilines is 1. The minimum Gasteiger partial charge on any atom is -0.363 e. The van der Waals surface area contributed by atoms with Gasteiger partial charge in [0.15, 0.2) is 0 Å². The van der Waals surface area contributed by atoms with Crippen LogP contribution in [-0.4, -0.2) is 18.9 Å². The van der Waals surface area contributed by atoms with Gasteiger partial charge in [0.05, 0.1) is 5.00 Å². The smallest absolute Gasteiger partial charge is 0.136 e. The first-order chi connectivity index (χ1) is 7.83. The van der Waals surface area contributed by atoms with E-state index in [-0.39, 0.29) is 0 Å². The van der Waals surface area contributed by atoms with Crippen LogP contribution in [0.25, 0.3) is 10.1 Å². The third-order valence-electron chi connectivity index (χ3n) is 3.05. The van der Waals surface area contributed by atoms with Crippen molar-refractivity contribution >= 4 is 32.2 Å². The Labute approximate surface area is 98.5 Å². The van der Waals surface area contributed by atoms with Gasteiger partial charge in [-0.25, -0.2) is 0 Å². The lowest BCUT2D eigenvalue weighted by atomic mass is 10.1. The van der Waals surface area contributed by atoms with E-state index >= 15 is 0 Å². The predicted octanol–water partition coefficient (Wildman–Crippen LogP) is 3.07. The maximum atomic E-state index is 11.2. The van der Waals surface area contributed by atoms with E-state index in [4.69, 9.17) is 0 Å². The zero-order valence-electron chi connectivity index (χ0n) is 8.98. The van der Waals surface area contributed by atoms with Crippen molar-refractivity contribution in [3.8, 4) is 0 Å². The Bertz CT molecular complexity index is 488. The van der Waals surface area contributed by atoms with Gasteiger partial charge in [-0.1, -0.05) is 18.2 Å². The summed E-state index contributed by atoms with van der Waals surface area (Å²) in [5, 5.41) is 2.60. The van der Waals surface area contributed by atoms with Crippen LogP contribution in [0.5, 0.6) is 0 Å². The highest BCUT2D eigenvalue weighted by Crippen LogP contribution is 2.33. The molecule has 0 atom stereocenters. The Kier molecular flexibility index (Phi) is 2.40. The van der Waals surface area contributed by atoms with Gasteiger partial charge in [-0.3, -0.25) is 4.79 Å². The largest absolute Gasteiger partial charge is 0.363 e. The van der Waals surface area contributed by atoms with Crippen LogP contribution in [0.15, 0.2) is 30.3 Å². The molecule has 0 bridgehead atoms.